The standard InChI is InChI=1S/C12H19N3O2S/c1-14-5-2-10(3-6-14)8-15-7-4-13-12(15)18-9-11(16)17/h4,7,10H,2-3,5-6,8-9H2,1H3,(H,16,17). The van der Waals surface area contributed by atoms with Gasteiger partial charge in [0.05, 0.1) is 5.75 Å². The van der Waals surface area contributed by atoms with Crippen LogP contribution in [-0.2, 0) is 11.3 Å². The van der Waals surface area contributed by atoms with Crippen LogP contribution >= 0.6 is 11.8 Å². The van der Waals surface area contributed by atoms with Gasteiger partial charge >= 0.3 is 5.97 Å². The quantitative estimate of drug-likeness (QED) is 0.819. The van der Waals surface area contributed by atoms with Crippen LogP contribution in [0.2, 0.25) is 0 Å². The third-order valence-corrected chi connectivity index (χ3v) is 4.28. The Bertz CT molecular complexity index is 400. The first kappa shape index (κ1) is 13.4. The summed E-state index contributed by atoms with van der Waals surface area (Å²) in [5, 5.41) is 9.51. The van der Waals surface area contributed by atoms with Crippen molar-refractivity contribution in [3.05, 3.63) is 12.4 Å². The highest BCUT2D eigenvalue weighted by molar-refractivity contribution is 7.99. The molecule has 0 bridgehead atoms. The minimum Gasteiger partial charge on any atom is -0.481 e. The van der Waals surface area contributed by atoms with E-state index in [9.17, 15) is 4.79 Å². The van der Waals surface area contributed by atoms with Gasteiger partial charge in [-0.2, -0.15) is 0 Å². The first-order chi connectivity index (χ1) is 8.65. The van der Waals surface area contributed by atoms with Crippen molar-refractivity contribution in [3.63, 3.8) is 0 Å². The zero-order valence-corrected chi connectivity index (χ0v) is 11.4. The van der Waals surface area contributed by atoms with Gasteiger partial charge in [-0.25, -0.2) is 4.98 Å². The molecule has 1 fully saturated rings. The fourth-order valence-electron chi connectivity index (χ4n) is 2.22. The largest absolute Gasteiger partial charge is 0.481 e. The molecule has 0 spiro atoms. The van der Waals surface area contributed by atoms with E-state index in [1.807, 2.05) is 6.20 Å². The zero-order valence-electron chi connectivity index (χ0n) is 10.6. The molecule has 0 aromatic carbocycles. The van der Waals surface area contributed by atoms with Crippen molar-refractivity contribution in [1.82, 2.24) is 14.5 Å². The zero-order chi connectivity index (χ0) is 13.0. The maximum Gasteiger partial charge on any atom is 0.313 e. The van der Waals surface area contributed by atoms with Crippen LogP contribution < -0.4 is 0 Å². The molecule has 2 heterocycles. The molecule has 0 atom stereocenters. The number of likely N-dealkylation sites (tertiary alicyclic amines) is 1. The molecule has 1 saturated heterocycles. The van der Waals surface area contributed by atoms with Gasteiger partial charge in [0.1, 0.15) is 0 Å². The predicted octanol–water partition coefficient (Wildman–Crippen LogP) is 1.40. The number of carboxylic acids is 1. The fraction of sp³-hybridized carbons (Fsp3) is 0.667. The lowest BCUT2D eigenvalue weighted by atomic mass is 9.97. The smallest absolute Gasteiger partial charge is 0.313 e. The maximum absolute atomic E-state index is 10.6. The number of hydrogen-bond acceptors (Lipinski definition) is 4. The van der Waals surface area contributed by atoms with Gasteiger partial charge in [0.25, 0.3) is 0 Å². The lowest BCUT2D eigenvalue weighted by Gasteiger charge is -2.29. The number of thioether (sulfide) groups is 1. The topological polar surface area (TPSA) is 58.4 Å². The lowest BCUT2D eigenvalue weighted by molar-refractivity contribution is -0.133. The Balaban J connectivity index is 1.89. The second-order valence-corrected chi connectivity index (χ2v) is 5.73. The molecule has 0 amide bonds. The Kier molecular flexibility index (Phi) is 4.66. The monoisotopic (exact) mass is 269 g/mol. The highest BCUT2D eigenvalue weighted by Gasteiger charge is 2.18. The molecule has 2 rings (SSSR count). The molecule has 100 valence electrons. The molecular weight excluding hydrogens is 250 g/mol. The van der Waals surface area contributed by atoms with Crippen molar-refractivity contribution >= 4 is 17.7 Å². The van der Waals surface area contributed by atoms with Crippen LogP contribution in [0, 0.1) is 5.92 Å². The third kappa shape index (κ3) is 3.74. The summed E-state index contributed by atoms with van der Waals surface area (Å²) in [6.45, 7) is 3.25. The minimum absolute atomic E-state index is 0.0738. The second kappa shape index (κ2) is 6.24. The molecule has 5 nitrogen and oxygen atoms in total. The number of carbonyl (C=O) groups is 1. The minimum atomic E-state index is -0.797. The van der Waals surface area contributed by atoms with Crippen LogP contribution in [0.5, 0.6) is 0 Å². The van der Waals surface area contributed by atoms with Crippen molar-refractivity contribution < 1.29 is 9.90 Å². The molecule has 1 aromatic rings. The average Bonchev–Trinajstić information content (AvgIpc) is 2.77. The summed E-state index contributed by atoms with van der Waals surface area (Å²) in [7, 11) is 2.15. The summed E-state index contributed by atoms with van der Waals surface area (Å²) in [5.41, 5.74) is 0. The van der Waals surface area contributed by atoms with Gasteiger partial charge < -0.3 is 14.6 Å². The van der Waals surface area contributed by atoms with Gasteiger partial charge in [-0.3, -0.25) is 4.79 Å². The summed E-state index contributed by atoms with van der Waals surface area (Å²) in [5.74, 6) is -0.0434. The van der Waals surface area contributed by atoms with Gasteiger partial charge in [-0.05, 0) is 38.9 Å². The Hall–Kier alpha value is -1.01. The van der Waals surface area contributed by atoms with Crippen molar-refractivity contribution in [3.8, 4) is 0 Å². The predicted molar refractivity (Wildman–Crippen MR) is 70.8 cm³/mol. The van der Waals surface area contributed by atoms with Crippen molar-refractivity contribution in [1.29, 1.82) is 0 Å². The van der Waals surface area contributed by atoms with E-state index >= 15 is 0 Å². The Morgan fingerprint density at radius 3 is 2.94 bits per heavy atom. The van der Waals surface area contributed by atoms with Crippen molar-refractivity contribution in [2.45, 2.75) is 24.5 Å². The molecule has 18 heavy (non-hydrogen) atoms. The summed E-state index contributed by atoms with van der Waals surface area (Å²) in [6, 6.07) is 0. The van der Waals surface area contributed by atoms with Crippen LogP contribution in [0.4, 0.5) is 0 Å². The molecule has 0 saturated carbocycles. The van der Waals surface area contributed by atoms with Crippen molar-refractivity contribution in [2.75, 3.05) is 25.9 Å². The van der Waals surface area contributed by atoms with Gasteiger partial charge in [0, 0.05) is 18.9 Å². The number of aromatic nitrogens is 2. The Labute approximate surface area is 111 Å². The van der Waals surface area contributed by atoms with E-state index in [1.54, 1.807) is 6.20 Å². The van der Waals surface area contributed by atoms with E-state index in [0.717, 1.165) is 24.8 Å². The van der Waals surface area contributed by atoms with E-state index < -0.39 is 5.97 Å². The number of imidazole rings is 1. The van der Waals surface area contributed by atoms with Crippen LogP contribution in [0.15, 0.2) is 17.6 Å². The van der Waals surface area contributed by atoms with Crippen LogP contribution in [-0.4, -0.2) is 51.4 Å². The molecule has 1 aliphatic heterocycles. The van der Waals surface area contributed by atoms with Gasteiger partial charge in [0.15, 0.2) is 5.16 Å². The number of rotatable bonds is 5. The average molecular weight is 269 g/mol. The number of aliphatic carboxylic acids is 1. The molecular formula is C12H19N3O2S. The van der Waals surface area contributed by atoms with Crippen LogP contribution in [0.1, 0.15) is 12.8 Å². The molecule has 6 heteroatoms. The number of nitrogens with zero attached hydrogens (tertiary/aromatic N) is 3. The summed E-state index contributed by atoms with van der Waals surface area (Å²) >= 11 is 1.29. The molecule has 1 aliphatic rings. The normalized spacial score (nSPS) is 18.1. The van der Waals surface area contributed by atoms with E-state index in [1.165, 1.54) is 24.6 Å². The Morgan fingerprint density at radius 2 is 2.28 bits per heavy atom. The molecule has 1 aromatic heterocycles. The SMILES string of the molecule is CN1CCC(Cn2ccnc2SCC(=O)O)CC1. The van der Waals surface area contributed by atoms with Crippen molar-refractivity contribution in [2.24, 2.45) is 5.92 Å². The van der Waals surface area contributed by atoms with E-state index in [4.69, 9.17) is 5.11 Å². The maximum atomic E-state index is 10.6. The van der Waals surface area contributed by atoms with Crippen LogP contribution in [0.25, 0.3) is 0 Å². The fourth-order valence-corrected chi connectivity index (χ4v) is 2.91. The third-order valence-electron chi connectivity index (χ3n) is 3.30. The first-order valence-corrected chi connectivity index (χ1v) is 7.18. The van der Waals surface area contributed by atoms with Gasteiger partial charge in [-0.1, -0.05) is 11.8 Å². The van der Waals surface area contributed by atoms with E-state index in [2.05, 4.69) is 21.5 Å². The second-order valence-electron chi connectivity index (χ2n) is 4.79. The Morgan fingerprint density at radius 1 is 1.56 bits per heavy atom. The summed E-state index contributed by atoms with van der Waals surface area (Å²) in [6.07, 6.45) is 6.11. The number of piperidine rings is 1. The first-order valence-electron chi connectivity index (χ1n) is 6.19. The molecule has 0 radical (unpaired) electrons. The highest BCUT2D eigenvalue weighted by atomic mass is 32.2. The summed E-state index contributed by atoms with van der Waals surface area (Å²) in [4.78, 5) is 17.1. The lowest BCUT2D eigenvalue weighted by Crippen LogP contribution is -2.31. The molecule has 1 N–H and O–H groups in total. The molecule has 0 unspecified atom stereocenters. The highest BCUT2D eigenvalue weighted by Crippen LogP contribution is 2.22. The number of hydrogen-bond donors (Lipinski definition) is 1. The van der Waals surface area contributed by atoms with Crippen LogP contribution in [0.3, 0.4) is 0 Å². The summed E-state index contributed by atoms with van der Waals surface area (Å²) < 4.78 is 2.09. The van der Waals surface area contributed by atoms with E-state index in [0.29, 0.717) is 5.92 Å². The number of carboxylic acid groups (broad SMARTS) is 1. The van der Waals surface area contributed by atoms with E-state index in [-0.39, 0.29) is 5.75 Å². The molecule has 0 aliphatic carbocycles. The van der Waals surface area contributed by atoms with Gasteiger partial charge in [-0.15, -0.1) is 0 Å². The van der Waals surface area contributed by atoms with Gasteiger partial charge in [0.2, 0.25) is 0 Å².